The summed E-state index contributed by atoms with van der Waals surface area (Å²) in [5.41, 5.74) is 0. The number of carbonyl (C=O) groups is 1. The number of unbranched alkanes of at least 4 members (excludes halogenated alkanes) is 21. The first kappa shape index (κ1) is 39.9. The molecule has 0 radical (unpaired) electrons. The van der Waals surface area contributed by atoms with E-state index < -0.39 is 12.1 Å². The fourth-order valence-corrected chi connectivity index (χ4v) is 5.35. The first-order valence-electron chi connectivity index (χ1n) is 18.0. The number of allylic oxidation sites excluding steroid dienone is 4. The second-order valence-corrected chi connectivity index (χ2v) is 12.3. The van der Waals surface area contributed by atoms with Gasteiger partial charge in [0.1, 0.15) is 0 Å². The third kappa shape index (κ3) is 30.1. The smallest absolute Gasteiger partial charge is 0.220 e. The number of amides is 1. The van der Waals surface area contributed by atoms with Crippen LogP contribution < -0.4 is 5.32 Å². The van der Waals surface area contributed by atoms with E-state index in [1.807, 2.05) is 0 Å². The van der Waals surface area contributed by atoms with Crippen molar-refractivity contribution >= 4 is 5.91 Å². The van der Waals surface area contributed by atoms with Crippen molar-refractivity contribution in [3.8, 4) is 0 Å². The van der Waals surface area contributed by atoms with Crippen molar-refractivity contribution in [2.75, 3.05) is 6.61 Å². The molecule has 0 aliphatic heterocycles. The van der Waals surface area contributed by atoms with Gasteiger partial charge in [-0.25, -0.2) is 0 Å². The third-order valence-electron chi connectivity index (χ3n) is 8.18. The molecule has 0 heterocycles. The molecule has 242 valence electrons. The number of nitrogens with one attached hydrogen (secondary N) is 1. The van der Waals surface area contributed by atoms with Crippen molar-refractivity contribution in [3.05, 3.63) is 24.3 Å². The highest BCUT2D eigenvalue weighted by Crippen LogP contribution is 2.13. The lowest BCUT2D eigenvalue weighted by Crippen LogP contribution is -2.45. The van der Waals surface area contributed by atoms with Gasteiger partial charge in [-0.05, 0) is 64.2 Å². The lowest BCUT2D eigenvalue weighted by Gasteiger charge is -2.22. The Bertz CT molecular complexity index is 589. The van der Waals surface area contributed by atoms with Crippen molar-refractivity contribution in [2.24, 2.45) is 0 Å². The Morgan fingerprint density at radius 1 is 0.561 bits per heavy atom. The highest BCUT2D eigenvalue weighted by Gasteiger charge is 2.19. The molecule has 0 aromatic heterocycles. The monoisotopic (exact) mass is 578 g/mol. The molecule has 1 amide bonds. The van der Waals surface area contributed by atoms with Crippen molar-refractivity contribution in [1.82, 2.24) is 5.32 Å². The molecule has 3 N–H and O–H groups in total. The topological polar surface area (TPSA) is 69.6 Å². The first-order chi connectivity index (χ1) is 20.2. The van der Waals surface area contributed by atoms with Gasteiger partial charge in [0.05, 0.1) is 18.8 Å². The molecule has 0 aliphatic rings. The van der Waals surface area contributed by atoms with E-state index in [1.54, 1.807) is 0 Å². The minimum absolute atomic E-state index is 0.0513. The van der Waals surface area contributed by atoms with E-state index in [2.05, 4.69) is 43.5 Å². The van der Waals surface area contributed by atoms with Crippen LogP contribution in [0.4, 0.5) is 0 Å². The van der Waals surface area contributed by atoms with Gasteiger partial charge in [0, 0.05) is 6.42 Å². The molecule has 2 atom stereocenters. The van der Waals surface area contributed by atoms with Crippen LogP contribution in [0.25, 0.3) is 0 Å². The number of aliphatic hydroxyl groups excluding tert-OH is 2. The van der Waals surface area contributed by atoms with E-state index in [9.17, 15) is 15.0 Å². The molecule has 0 aromatic carbocycles. The van der Waals surface area contributed by atoms with Crippen molar-refractivity contribution in [1.29, 1.82) is 0 Å². The Morgan fingerprint density at radius 3 is 1.34 bits per heavy atom. The third-order valence-corrected chi connectivity index (χ3v) is 8.18. The SMILES string of the molecule is CCCCCCCC/C=C/CCCCCCCC(=O)N[C@@H](CO)[C@H](O)CCCC/C=C/CCCCCCCCCC. The Kier molecular flexibility index (Phi) is 32.5. The first-order valence-corrected chi connectivity index (χ1v) is 18.0. The highest BCUT2D eigenvalue weighted by molar-refractivity contribution is 5.76. The molecular formula is C37H71NO3. The average molecular weight is 578 g/mol. The summed E-state index contributed by atoms with van der Waals surface area (Å²) >= 11 is 0. The Labute approximate surface area is 256 Å². The summed E-state index contributed by atoms with van der Waals surface area (Å²) in [5, 5.41) is 23.0. The normalized spacial score (nSPS) is 13.4. The summed E-state index contributed by atoms with van der Waals surface area (Å²) in [7, 11) is 0. The summed E-state index contributed by atoms with van der Waals surface area (Å²) in [6.07, 6.45) is 40.8. The Morgan fingerprint density at radius 2 is 0.927 bits per heavy atom. The summed E-state index contributed by atoms with van der Waals surface area (Å²) in [6.45, 7) is 4.32. The van der Waals surface area contributed by atoms with Crippen LogP contribution in [-0.2, 0) is 4.79 Å². The van der Waals surface area contributed by atoms with E-state index in [-0.39, 0.29) is 12.5 Å². The fraction of sp³-hybridized carbons (Fsp3) is 0.865. The summed E-state index contributed by atoms with van der Waals surface area (Å²) in [6, 6.07) is -0.553. The summed E-state index contributed by atoms with van der Waals surface area (Å²) < 4.78 is 0. The molecule has 0 spiro atoms. The summed E-state index contributed by atoms with van der Waals surface area (Å²) in [5.74, 6) is -0.0513. The molecule has 0 bridgehead atoms. The van der Waals surface area contributed by atoms with Crippen LogP contribution in [0.3, 0.4) is 0 Å². The molecule has 4 heteroatoms. The minimum Gasteiger partial charge on any atom is -0.394 e. The number of rotatable bonds is 32. The van der Waals surface area contributed by atoms with Gasteiger partial charge in [0.25, 0.3) is 0 Å². The van der Waals surface area contributed by atoms with Gasteiger partial charge >= 0.3 is 0 Å². The predicted molar refractivity (Wildman–Crippen MR) is 179 cm³/mol. The molecular weight excluding hydrogens is 506 g/mol. The minimum atomic E-state index is -0.681. The molecule has 41 heavy (non-hydrogen) atoms. The molecule has 0 aliphatic carbocycles. The van der Waals surface area contributed by atoms with Gasteiger partial charge in [-0.2, -0.15) is 0 Å². The molecule has 0 aromatic rings. The van der Waals surface area contributed by atoms with Gasteiger partial charge in [-0.1, -0.05) is 141 Å². The van der Waals surface area contributed by atoms with Gasteiger partial charge in [0.15, 0.2) is 0 Å². The van der Waals surface area contributed by atoms with Gasteiger partial charge in [-0.15, -0.1) is 0 Å². The van der Waals surface area contributed by atoms with Gasteiger partial charge in [-0.3, -0.25) is 4.79 Å². The lowest BCUT2D eigenvalue weighted by molar-refractivity contribution is -0.123. The number of hydrogen-bond donors (Lipinski definition) is 3. The lowest BCUT2D eigenvalue weighted by atomic mass is 10.0. The second-order valence-electron chi connectivity index (χ2n) is 12.3. The Balaban J connectivity index is 3.63. The highest BCUT2D eigenvalue weighted by atomic mass is 16.3. The van der Waals surface area contributed by atoms with E-state index in [0.29, 0.717) is 12.8 Å². The van der Waals surface area contributed by atoms with Crippen LogP contribution >= 0.6 is 0 Å². The molecule has 0 fully saturated rings. The number of carbonyl (C=O) groups excluding carboxylic acids is 1. The van der Waals surface area contributed by atoms with E-state index in [4.69, 9.17) is 0 Å². The van der Waals surface area contributed by atoms with Crippen LogP contribution in [0.5, 0.6) is 0 Å². The van der Waals surface area contributed by atoms with Gasteiger partial charge < -0.3 is 15.5 Å². The number of hydrogen-bond acceptors (Lipinski definition) is 3. The molecule has 0 rings (SSSR count). The fourth-order valence-electron chi connectivity index (χ4n) is 5.35. The van der Waals surface area contributed by atoms with Crippen LogP contribution in [-0.4, -0.2) is 34.9 Å². The predicted octanol–water partition coefficient (Wildman–Crippen LogP) is 10.5. The maximum Gasteiger partial charge on any atom is 0.220 e. The van der Waals surface area contributed by atoms with Crippen LogP contribution in [0.1, 0.15) is 187 Å². The van der Waals surface area contributed by atoms with Gasteiger partial charge in [0.2, 0.25) is 5.91 Å². The van der Waals surface area contributed by atoms with Crippen LogP contribution in [0.2, 0.25) is 0 Å². The zero-order chi connectivity index (χ0) is 30.1. The average Bonchev–Trinajstić information content (AvgIpc) is 2.97. The van der Waals surface area contributed by atoms with Crippen LogP contribution in [0.15, 0.2) is 24.3 Å². The van der Waals surface area contributed by atoms with Crippen molar-refractivity contribution in [3.63, 3.8) is 0 Å². The zero-order valence-electron chi connectivity index (χ0n) is 27.6. The molecule has 0 saturated carbocycles. The van der Waals surface area contributed by atoms with E-state index >= 15 is 0 Å². The second kappa shape index (κ2) is 33.4. The quantitative estimate of drug-likeness (QED) is 0.0550. The maximum atomic E-state index is 12.3. The molecule has 0 unspecified atom stereocenters. The standard InChI is InChI=1S/C37H71NO3/c1-3-5-7-9-11-13-15-17-19-21-23-25-27-29-31-33-37(41)38-35(34-39)36(40)32-30-28-26-24-22-20-18-16-14-12-10-8-6-4-2/h17,19,22,24,35-36,39-40H,3-16,18,20-21,23,25-34H2,1-2H3,(H,38,41)/b19-17+,24-22+/t35-,36+/m0/s1. The Hall–Kier alpha value is -1.13. The zero-order valence-corrected chi connectivity index (χ0v) is 27.6. The summed E-state index contributed by atoms with van der Waals surface area (Å²) in [4.78, 5) is 12.3. The van der Waals surface area contributed by atoms with E-state index in [1.165, 1.54) is 122 Å². The van der Waals surface area contributed by atoms with E-state index in [0.717, 1.165) is 38.5 Å². The maximum absolute atomic E-state index is 12.3. The molecule has 4 nitrogen and oxygen atoms in total. The van der Waals surface area contributed by atoms with Crippen LogP contribution in [0, 0.1) is 0 Å². The number of aliphatic hydroxyl groups is 2. The molecule has 0 saturated heterocycles. The van der Waals surface area contributed by atoms with Crippen molar-refractivity contribution < 1.29 is 15.0 Å². The van der Waals surface area contributed by atoms with Crippen molar-refractivity contribution in [2.45, 2.75) is 199 Å². The largest absolute Gasteiger partial charge is 0.394 e.